The molecule has 3 aromatic carbocycles. The van der Waals surface area contributed by atoms with E-state index in [2.05, 4.69) is 43.5 Å². The van der Waals surface area contributed by atoms with Crippen molar-refractivity contribution in [3.8, 4) is 5.75 Å². The molecule has 4 rings (SSSR count). The van der Waals surface area contributed by atoms with E-state index in [0.717, 1.165) is 20.1 Å². The van der Waals surface area contributed by atoms with E-state index in [-0.39, 0.29) is 5.91 Å². The van der Waals surface area contributed by atoms with Gasteiger partial charge < -0.3 is 4.74 Å². The number of para-hydroxylation sites is 1. The van der Waals surface area contributed by atoms with Crippen molar-refractivity contribution < 1.29 is 9.53 Å². The molecule has 4 nitrogen and oxygen atoms in total. The molecule has 31 heavy (non-hydrogen) atoms. The largest absolute Gasteiger partial charge is 0.488 e. The van der Waals surface area contributed by atoms with Crippen LogP contribution in [0.2, 0.25) is 0 Å². The monoisotopic (exact) mass is 536 g/mol. The second kappa shape index (κ2) is 9.45. The van der Waals surface area contributed by atoms with Gasteiger partial charge in [0.05, 0.1) is 15.7 Å². The number of halogens is 2. The van der Waals surface area contributed by atoms with Crippen molar-refractivity contribution in [1.82, 2.24) is 0 Å². The van der Waals surface area contributed by atoms with E-state index >= 15 is 0 Å². The minimum Gasteiger partial charge on any atom is -0.488 e. The first-order valence-electron chi connectivity index (χ1n) is 9.57. The number of amides is 1. The summed E-state index contributed by atoms with van der Waals surface area (Å²) >= 11 is 7.09. The maximum Gasteiger partial charge on any atom is 0.281 e. The van der Waals surface area contributed by atoms with Crippen LogP contribution in [-0.4, -0.2) is 18.2 Å². The predicted molar refractivity (Wildman–Crippen MR) is 132 cm³/mol. The first-order chi connectivity index (χ1) is 15.1. The molecule has 0 aliphatic carbocycles. The van der Waals surface area contributed by atoms with Gasteiger partial charge in [-0.1, -0.05) is 77.1 Å². The molecule has 1 amide bonds. The Hall–Kier alpha value is -2.96. The SMILES string of the molecule is C=CCOc1c(Br)cc(Br)cc1/C=C1\C(=O)N(c2ccccc2)N=C1c1ccccc1. The molecule has 1 aliphatic rings. The molecule has 0 radical (unpaired) electrons. The molecule has 0 fully saturated rings. The molecule has 0 unspecified atom stereocenters. The number of anilines is 1. The van der Waals surface area contributed by atoms with Crippen LogP contribution >= 0.6 is 31.9 Å². The zero-order chi connectivity index (χ0) is 21.8. The molecule has 1 heterocycles. The number of carbonyl (C=O) groups excluding carboxylic acids is 1. The van der Waals surface area contributed by atoms with Crippen LogP contribution in [0, 0.1) is 0 Å². The molecule has 0 aromatic heterocycles. The lowest BCUT2D eigenvalue weighted by Gasteiger charge is -2.13. The number of rotatable bonds is 6. The van der Waals surface area contributed by atoms with Gasteiger partial charge in [-0.05, 0) is 46.3 Å². The Kier molecular flexibility index (Phi) is 6.49. The Morgan fingerprint density at radius 3 is 2.35 bits per heavy atom. The maximum absolute atomic E-state index is 13.5. The molecule has 0 N–H and O–H groups in total. The van der Waals surface area contributed by atoms with Gasteiger partial charge in [-0.2, -0.15) is 10.1 Å². The molecule has 0 spiro atoms. The highest BCUT2D eigenvalue weighted by molar-refractivity contribution is 9.11. The van der Waals surface area contributed by atoms with Gasteiger partial charge in [0.25, 0.3) is 5.91 Å². The number of nitrogens with zero attached hydrogens (tertiary/aromatic N) is 2. The summed E-state index contributed by atoms with van der Waals surface area (Å²) in [6, 6.07) is 22.9. The van der Waals surface area contributed by atoms with Crippen molar-refractivity contribution in [3.63, 3.8) is 0 Å². The fourth-order valence-electron chi connectivity index (χ4n) is 3.24. The summed E-state index contributed by atoms with van der Waals surface area (Å²) in [6.07, 6.45) is 3.51. The van der Waals surface area contributed by atoms with Crippen molar-refractivity contribution in [1.29, 1.82) is 0 Å². The molecular formula is C25H18Br2N2O2. The van der Waals surface area contributed by atoms with Crippen LogP contribution in [0.5, 0.6) is 5.75 Å². The Morgan fingerprint density at radius 1 is 1.00 bits per heavy atom. The number of benzene rings is 3. The first-order valence-corrected chi connectivity index (χ1v) is 11.2. The number of hydrogen-bond acceptors (Lipinski definition) is 3. The molecule has 0 atom stereocenters. The smallest absolute Gasteiger partial charge is 0.281 e. The molecule has 154 valence electrons. The van der Waals surface area contributed by atoms with E-state index in [1.54, 1.807) is 6.08 Å². The molecule has 3 aromatic rings. The lowest BCUT2D eigenvalue weighted by molar-refractivity contribution is -0.114. The van der Waals surface area contributed by atoms with Crippen molar-refractivity contribution in [3.05, 3.63) is 111 Å². The predicted octanol–water partition coefficient (Wildman–Crippen LogP) is 6.61. The van der Waals surface area contributed by atoms with Crippen molar-refractivity contribution in [2.75, 3.05) is 11.6 Å². The zero-order valence-corrected chi connectivity index (χ0v) is 19.6. The Balaban J connectivity index is 1.86. The van der Waals surface area contributed by atoms with Gasteiger partial charge in [0.15, 0.2) is 0 Å². The summed E-state index contributed by atoms with van der Waals surface area (Å²) in [7, 11) is 0. The van der Waals surface area contributed by atoms with Gasteiger partial charge >= 0.3 is 0 Å². The molecular weight excluding hydrogens is 520 g/mol. The lowest BCUT2D eigenvalue weighted by atomic mass is 10.00. The standard InChI is InChI=1S/C25H18Br2N2O2/c1-2-13-31-24-18(14-19(26)16-22(24)27)15-21-23(17-9-5-3-6-10-17)28-29(25(21)30)20-11-7-4-8-12-20/h2-12,14-16H,1,13H2/b21-15-. The minimum absolute atomic E-state index is 0.198. The van der Waals surface area contributed by atoms with Gasteiger partial charge in [0, 0.05) is 15.6 Å². The van der Waals surface area contributed by atoms with Crippen LogP contribution in [0.1, 0.15) is 11.1 Å². The zero-order valence-electron chi connectivity index (χ0n) is 16.5. The molecule has 0 bridgehead atoms. The summed E-state index contributed by atoms with van der Waals surface area (Å²) in [5, 5.41) is 6.11. The topological polar surface area (TPSA) is 41.9 Å². The average Bonchev–Trinajstić information content (AvgIpc) is 3.10. The third kappa shape index (κ3) is 4.55. The van der Waals surface area contributed by atoms with Crippen molar-refractivity contribution in [2.24, 2.45) is 5.10 Å². The number of hydrazone groups is 1. The van der Waals surface area contributed by atoms with Crippen LogP contribution in [0.25, 0.3) is 6.08 Å². The lowest BCUT2D eigenvalue weighted by Crippen LogP contribution is -2.21. The number of ether oxygens (including phenoxy) is 1. The molecule has 0 saturated carbocycles. The number of hydrogen-bond donors (Lipinski definition) is 0. The van der Waals surface area contributed by atoms with E-state index in [1.807, 2.05) is 78.9 Å². The van der Waals surface area contributed by atoms with E-state index in [1.165, 1.54) is 5.01 Å². The Labute approximate surface area is 197 Å². The summed E-state index contributed by atoms with van der Waals surface area (Å²) in [4.78, 5) is 13.5. The summed E-state index contributed by atoms with van der Waals surface area (Å²) < 4.78 is 7.51. The highest BCUT2D eigenvalue weighted by Crippen LogP contribution is 2.36. The van der Waals surface area contributed by atoms with Gasteiger partial charge in [0.1, 0.15) is 18.1 Å². The van der Waals surface area contributed by atoms with Gasteiger partial charge in [-0.15, -0.1) is 0 Å². The van der Waals surface area contributed by atoms with Gasteiger partial charge in [0.2, 0.25) is 0 Å². The quantitative estimate of drug-likeness (QED) is 0.262. The van der Waals surface area contributed by atoms with Crippen LogP contribution in [-0.2, 0) is 4.79 Å². The second-order valence-electron chi connectivity index (χ2n) is 6.73. The third-order valence-electron chi connectivity index (χ3n) is 4.61. The van der Waals surface area contributed by atoms with Crippen LogP contribution < -0.4 is 9.75 Å². The highest BCUT2D eigenvalue weighted by atomic mass is 79.9. The summed E-state index contributed by atoms with van der Waals surface area (Å²) in [5.74, 6) is 0.435. The Bertz CT molecular complexity index is 1190. The summed E-state index contributed by atoms with van der Waals surface area (Å²) in [5.41, 5.74) is 3.43. The van der Waals surface area contributed by atoms with Crippen molar-refractivity contribution in [2.45, 2.75) is 0 Å². The average molecular weight is 538 g/mol. The second-order valence-corrected chi connectivity index (χ2v) is 8.50. The minimum atomic E-state index is -0.198. The van der Waals surface area contributed by atoms with Crippen molar-refractivity contribution >= 4 is 55.2 Å². The summed E-state index contributed by atoms with van der Waals surface area (Å²) in [6.45, 7) is 4.07. The van der Waals surface area contributed by atoms with Crippen LogP contribution in [0.3, 0.4) is 0 Å². The van der Waals surface area contributed by atoms with E-state index < -0.39 is 0 Å². The number of carbonyl (C=O) groups is 1. The fourth-order valence-corrected chi connectivity index (χ4v) is 4.61. The maximum atomic E-state index is 13.5. The van der Waals surface area contributed by atoms with E-state index in [4.69, 9.17) is 4.74 Å². The fraction of sp³-hybridized carbons (Fsp3) is 0.0400. The van der Waals surface area contributed by atoms with Gasteiger partial charge in [-0.3, -0.25) is 4.79 Å². The third-order valence-corrected chi connectivity index (χ3v) is 5.66. The Morgan fingerprint density at radius 2 is 1.68 bits per heavy atom. The van der Waals surface area contributed by atoms with Crippen LogP contribution in [0.4, 0.5) is 5.69 Å². The molecule has 6 heteroatoms. The van der Waals surface area contributed by atoms with Crippen LogP contribution in [0.15, 0.2) is 105 Å². The van der Waals surface area contributed by atoms with Gasteiger partial charge in [-0.25, -0.2) is 0 Å². The van der Waals surface area contributed by atoms with E-state index in [9.17, 15) is 4.79 Å². The van der Waals surface area contributed by atoms with E-state index in [0.29, 0.717) is 29.3 Å². The first kappa shape index (κ1) is 21.3. The molecule has 0 saturated heterocycles. The normalized spacial score (nSPS) is 14.6. The molecule has 1 aliphatic heterocycles. The highest BCUT2D eigenvalue weighted by Gasteiger charge is 2.32.